The molecule has 1 aromatic heterocycles. The number of hydrogen-bond acceptors (Lipinski definition) is 5. The average molecular weight is 304 g/mol. The van der Waals surface area contributed by atoms with Crippen LogP contribution >= 0.6 is 11.3 Å². The van der Waals surface area contributed by atoms with E-state index in [0.717, 1.165) is 15.2 Å². The summed E-state index contributed by atoms with van der Waals surface area (Å²) in [6.45, 7) is 1.55. The molecule has 0 saturated heterocycles. The van der Waals surface area contributed by atoms with Gasteiger partial charge >= 0.3 is 5.97 Å². The minimum atomic E-state index is -0.799. The monoisotopic (exact) mass is 304 g/mol. The largest absolute Gasteiger partial charge is 0.449 e. The lowest BCUT2D eigenvalue weighted by molar-refractivity contribution is -0.153. The highest BCUT2D eigenvalue weighted by Crippen LogP contribution is 2.22. The number of benzene rings is 1. The third kappa shape index (κ3) is 3.88. The van der Waals surface area contributed by atoms with Crippen LogP contribution in [0.15, 0.2) is 30.3 Å². The van der Waals surface area contributed by atoms with Crippen LogP contribution in [0.1, 0.15) is 11.9 Å². The molecule has 110 valence electrons. The average Bonchev–Trinajstić information content (AvgIpc) is 2.86. The highest BCUT2D eigenvalue weighted by atomic mass is 32.1. The number of hydrogen-bond donors (Lipinski definition) is 0. The van der Waals surface area contributed by atoms with Crippen LogP contribution in [0.2, 0.25) is 0 Å². The lowest BCUT2D eigenvalue weighted by atomic mass is 10.3. The van der Waals surface area contributed by atoms with Gasteiger partial charge in [-0.05, 0) is 25.1 Å². The summed E-state index contributed by atoms with van der Waals surface area (Å²) in [6, 6.07) is 7.75. The Balaban J connectivity index is 2.00. The van der Waals surface area contributed by atoms with Crippen molar-refractivity contribution < 1.29 is 14.3 Å². The van der Waals surface area contributed by atoms with E-state index in [2.05, 4.69) is 4.98 Å². The first-order chi connectivity index (χ1) is 9.97. The van der Waals surface area contributed by atoms with Crippen molar-refractivity contribution in [2.45, 2.75) is 13.0 Å². The number of nitrogens with zero attached hydrogens (tertiary/aromatic N) is 2. The third-order valence-electron chi connectivity index (χ3n) is 2.75. The van der Waals surface area contributed by atoms with E-state index in [-0.39, 0.29) is 5.91 Å². The normalized spacial score (nSPS) is 12.5. The Morgan fingerprint density at radius 2 is 2.05 bits per heavy atom. The van der Waals surface area contributed by atoms with E-state index in [9.17, 15) is 9.59 Å². The quantitative estimate of drug-likeness (QED) is 0.642. The number of ether oxygens (including phenoxy) is 1. The van der Waals surface area contributed by atoms with Crippen LogP contribution in [0.4, 0.5) is 0 Å². The maximum Gasteiger partial charge on any atom is 0.331 e. The summed E-state index contributed by atoms with van der Waals surface area (Å²) in [7, 11) is 3.23. The molecule has 1 heterocycles. The van der Waals surface area contributed by atoms with Crippen molar-refractivity contribution in [2.75, 3.05) is 14.1 Å². The molecular weight excluding hydrogens is 288 g/mol. The molecular formula is C15H16N2O3S. The SMILES string of the molecule is C[C@H](OC(=O)/C=C/c1nc2ccccc2s1)C(=O)N(C)C. The van der Waals surface area contributed by atoms with Crippen LogP contribution in [0.3, 0.4) is 0 Å². The molecule has 0 N–H and O–H groups in total. The molecule has 0 unspecified atom stereocenters. The first kappa shape index (κ1) is 15.2. The summed E-state index contributed by atoms with van der Waals surface area (Å²) in [6.07, 6.45) is 2.09. The molecule has 0 saturated carbocycles. The van der Waals surface area contributed by atoms with Crippen molar-refractivity contribution in [3.05, 3.63) is 35.3 Å². The fourth-order valence-corrected chi connectivity index (χ4v) is 2.60. The van der Waals surface area contributed by atoms with Crippen molar-refractivity contribution in [1.82, 2.24) is 9.88 Å². The Kier molecular flexibility index (Phi) is 4.70. The summed E-state index contributed by atoms with van der Waals surface area (Å²) < 4.78 is 6.09. The lowest BCUT2D eigenvalue weighted by Gasteiger charge is -2.16. The molecule has 1 amide bonds. The topological polar surface area (TPSA) is 59.5 Å². The fraction of sp³-hybridized carbons (Fsp3) is 0.267. The van der Waals surface area contributed by atoms with Crippen LogP contribution in [-0.2, 0) is 14.3 Å². The van der Waals surface area contributed by atoms with E-state index in [0.29, 0.717) is 0 Å². The second kappa shape index (κ2) is 6.49. The number of aromatic nitrogens is 1. The zero-order valence-corrected chi connectivity index (χ0v) is 12.9. The van der Waals surface area contributed by atoms with E-state index >= 15 is 0 Å². The van der Waals surface area contributed by atoms with E-state index < -0.39 is 12.1 Å². The van der Waals surface area contributed by atoms with Gasteiger partial charge in [-0.1, -0.05) is 12.1 Å². The van der Waals surface area contributed by atoms with Crippen LogP contribution in [0.5, 0.6) is 0 Å². The molecule has 21 heavy (non-hydrogen) atoms. The Labute approximate surface area is 126 Å². The van der Waals surface area contributed by atoms with Crippen LogP contribution in [0.25, 0.3) is 16.3 Å². The molecule has 1 atom stereocenters. The molecule has 0 bridgehead atoms. The van der Waals surface area contributed by atoms with Gasteiger partial charge in [0.05, 0.1) is 10.2 Å². The first-order valence-electron chi connectivity index (χ1n) is 6.43. The number of carbonyl (C=O) groups excluding carboxylic acids is 2. The molecule has 2 rings (SSSR count). The lowest BCUT2D eigenvalue weighted by Crippen LogP contribution is -2.34. The number of thiazole rings is 1. The van der Waals surface area contributed by atoms with Crippen molar-refractivity contribution >= 4 is 39.5 Å². The minimum absolute atomic E-state index is 0.253. The number of para-hydroxylation sites is 1. The van der Waals surface area contributed by atoms with Gasteiger partial charge in [0.25, 0.3) is 5.91 Å². The molecule has 2 aromatic rings. The van der Waals surface area contributed by atoms with Gasteiger partial charge in [0.2, 0.25) is 0 Å². The van der Waals surface area contributed by atoms with Gasteiger partial charge in [0.1, 0.15) is 5.01 Å². The number of amides is 1. The number of likely N-dealkylation sites (N-methyl/N-ethyl adjacent to an activating group) is 1. The maximum atomic E-state index is 11.7. The van der Waals surface area contributed by atoms with E-state index in [4.69, 9.17) is 4.74 Å². The second-order valence-corrected chi connectivity index (χ2v) is 5.73. The Bertz CT molecular complexity index is 658. The van der Waals surface area contributed by atoms with Crippen molar-refractivity contribution in [3.63, 3.8) is 0 Å². The number of esters is 1. The minimum Gasteiger partial charge on any atom is -0.449 e. The van der Waals surface area contributed by atoms with E-state index in [1.165, 1.54) is 22.3 Å². The van der Waals surface area contributed by atoms with Crippen LogP contribution in [0, 0.1) is 0 Å². The van der Waals surface area contributed by atoms with E-state index in [1.807, 2.05) is 24.3 Å². The zero-order valence-electron chi connectivity index (χ0n) is 12.1. The predicted octanol–water partition coefficient (Wildman–Crippen LogP) is 2.33. The highest BCUT2D eigenvalue weighted by molar-refractivity contribution is 7.19. The maximum absolute atomic E-state index is 11.7. The molecule has 0 aliphatic rings. The molecule has 0 fully saturated rings. The molecule has 6 heteroatoms. The molecule has 0 radical (unpaired) electrons. The van der Waals surface area contributed by atoms with Gasteiger partial charge in [-0.2, -0.15) is 0 Å². The van der Waals surface area contributed by atoms with Crippen LogP contribution in [-0.4, -0.2) is 42.0 Å². The standard InChI is InChI=1S/C15H16N2O3S/c1-10(15(19)17(2)3)20-14(18)9-8-13-16-11-6-4-5-7-12(11)21-13/h4-10H,1-3H3/b9-8+/t10-/m0/s1. The van der Waals surface area contributed by atoms with Crippen molar-refractivity contribution in [1.29, 1.82) is 0 Å². The second-order valence-electron chi connectivity index (χ2n) is 4.66. The van der Waals surface area contributed by atoms with E-state index in [1.54, 1.807) is 27.1 Å². The molecule has 0 spiro atoms. The number of carbonyl (C=O) groups is 2. The van der Waals surface area contributed by atoms with Gasteiger partial charge < -0.3 is 9.64 Å². The van der Waals surface area contributed by atoms with Crippen molar-refractivity contribution in [3.8, 4) is 0 Å². The van der Waals surface area contributed by atoms with Crippen LogP contribution < -0.4 is 0 Å². The third-order valence-corrected chi connectivity index (χ3v) is 3.76. The molecule has 0 aliphatic carbocycles. The Morgan fingerprint density at radius 3 is 2.71 bits per heavy atom. The van der Waals surface area contributed by atoms with Gasteiger partial charge in [-0.15, -0.1) is 11.3 Å². The summed E-state index contributed by atoms with van der Waals surface area (Å²) in [5.74, 6) is -0.811. The Morgan fingerprint density at radius 1 is 1.33 bits per heavy atom. The Hall–Kier alpha value is -2.21. The van der Waals surface area contributed by atoms with Gasteiger partial charge in [0.15, 0.2) is 6.10 Å². The summed E-state index contributed by atoms with van der Waals surface area (Å²) in [5.41, 5.74) is 0.895. The van der Waals surface area contributed by atoms with Gasteiger partial charge in [-0.3, -0.25) is 4.79 Å². The van der Waals surface area contributed by atoms with Gasteiger partial charge in [-0.25, -0.2) is 9.78 Å². The highest BCUT2D eigenvalue weighted by Gasteiger charge is 2.17. The molecule has 5 nitrogen and oxygen atoms in total. The predicted molar refractivity (Wildman–Crippen MR) is 82.9 cm³/mol. The van der Waals surface area contributed by atoms with Gasteiger partial charge in [0, 0.05) is 20.2 Å². The van der Waals surface area contributed by atoms with Crippen molar-refractivity contribution in [2.24, 2.45) is 0 Å². The summed E-state index contributed by atoms with van der Waals surface area (Å²) >= 11 is 1.49. The zero-order chi connectivity index (χ0) is 15.4. The summed E-state index contributed by atoms with van der Waals surface area (Å²) in [4.78, 5) is 29.0. The number of fused-ring (bicyclic) bond motifs is 1. The summed E-state index contributed by atoms with van der Waals surface area (Å²) in [5, 5.41) is 0.722. The first-order valence-corrected chi connectivity index (χ1v) is 7.24. The molecule has 0 aliphatic heterocycles. The fourth-order valence-electron chi connectivity index (χ4n) is 1.73. The smallest absolute Gasteiger partial charge is 0.331 e. The number of rotatable bonds is 4. The molecule has 1 aromatic carbocycles.